The van der Waals surface area contributed by atoms with E-state index < -0.39 is 5.60 Å². The Morgan fingerprint density at radius 2 is 1.76 bits per heavy atom. The molecule has 1 amide bonds. The molecule has 6 nitrogen and oxygen atoms in total. The number of aliphatic hydroxyl groups is 1. The average Bonchev–Trinajstić information content (AvgIpc) is 3.26. The van der Waals surface area contributed by atoms with E-state index in [2.05, 4.69) is 78.2 Å². The summed E-state index contributed by atoms with van der Waals surface area (Å²) in [5, 5.41) is 15.9. The first-order valence-electron chi connectivity index (χ1n) is 15.9. The van der Waals surface area contributed by atoms with Crippen LogP contribution in [0, 0.1) is 25.7 Å². The third-order valence-corrected chi connectivity index (χ3v) is 10.7. The number of rotatable bonds is 6. The van der Waals surface area contributed by atoms with Crippen LogP contribution in [0.4, 0.5) is 0 Å². The van der Waals surface area contributed by atoms with Crippen LogP contribution in [0.25, 0.3) is 22.2 Å². The molecule has 3 N–H and O–H groups in total. The molecular formula is C35H46N4O2. The van der Waals surface area contributed by atoms with Crippen molar-refractivity contribution in [1.82, 2.24) is 20.2 Å². The molecule has 3 aromatic rings. The van der Waals surface area contributed by atoms with Gasteiger partial charge in [0.2, 0.25) is 5.91 Å². The lowest BCUT2D eigenvalue weighted by atomic mass is 9.51. The molecule has 2 aromatic heterocycles. The van der Waals surface area contributed by atoms with E-state index in [1.54, 1.807) is 0 Å². The molecule has 8 rings (SSSR count). The van der Waals surface area contributed by atoms with E-state index in [0.717, 1.165) is 69.4 Å². The van der Waals surface area contributed by atoms with E-state index in [0.29, 0.717) is 30.2 Å². The maximum atomic E-state index is 13.2. The lowest BCUT2D eigenvalue weighted by Crippen LogP contribution is -2.66. The van der Waals surface area contributed by atoms with Gasteiger partial charge in [0.25, 0.3) is 0 Å². The first kappa shape index (κ1) is 27.2. The van der Waals surface area contributed by atoms with Crippen LogP contribution in [0.1, 0.15) is 99.6 Å². The molecule has 2 unspecified atom stereocenters. The molecule has 5 aliphatic rings. The highest BCUT2D eigenvalue weighted by Crippen LogP contribution is 2.57. The summed E-state index contributed by atoms with van der Waals surface area (Å²) in [5.41, 5.74) is 7.81. The molecule has 1 aromatic carbocycles. The summed E-state index contributed by atoms with van der Waals surface area (Å²) in [6, 6.07) is 11.4. The molecule has 218 valence electrons. The second-order valence-corrected chi connectivity index (χ2v) is 14.6. The van der Waals surface area contributed by atoms with Crippen molar-refractivity contribution in [3.8, 4) is 11.3 Å². The van der Waals surface area contributed by atoms with Crippen LogP contribution >= 0.6 is 0 Å². The number of fused-ring (bicyclic) bond motifs is 1. The van der Waals surface area contributed by atoms with Crippen LogP contribution in [0.15, 0.2) is 30.3 Å². The topological polar surface area (TPSA) is 81.2 Å². The largest absolute Gasteiger partial charge is 0.390 e. The minimum atomic E-state index is -0.539. The molecule has 6 heteroatoms. The highest BCUT2D eigenvalue weighted by molar-refractivity contribution is 5.92. The number of carbonyl (C=O) groups excluding carboxylic acids is 1. The standard InChI is InChI=1S/C35H46N4O2/c1-21(2)32-29-14-27(5-6-30(29)37-33(32)28-11-22(3)36-23(4)12-28)26-7-9-39(10-8-26)19-31(40)38-34-15-24-13-25(16-34)18-35(41,17-24)20-34/h5-6,11-12,14,21,24-26,37,41H,7-10,13,15-20H2,1-4H3,(H,38,40). The van der Waals surface area contributed by atoms with Gasteiger partial charge in [-0.05, 0) is 137 Å². The van der Waals surface area contributed by atoms with Crippen molar-refractivity contribution in [2.45, 2.75) is 102 Å². The molecule has 4 aliphatic carbocycles. The number of likely N-dealkylation sites (tertiary alicyclic amines) is 1. The van der Waals surface area contributed by atoms with Crippen molar-refractivity contribution in [3.63, 3.8) is 0 Å². The maximum absolute atomic E-state index is 13.2. The lowest BCUT2D eigenvalue weighted by molar-refractivity contribution is -0.151. The summed E-state index contributed by atoms with van der Waals surface area (Å²) in [6.45, 7) is 11.1. The van der Waals surface area contributed by atoms with Crippen LogP contribution in [0.2, 0.25) is 0 Å². The Balaban J connectivity index is 1.03. The SMILES string of the molecule is Cc1cc(-c2[nH]c3ccc(C4CCN(CC(=O)NC56CC7CC(CC(O)(C7)C5)C6)CC4)cc3c2C(C)C)cc(C)n1. The van der Waals surface area contributed by atoms with Crippen molar-refractivity contribution < 1.29 is 9.90 Å². The van der Waals surface area contributed by atoms with E-state index in [9.17, 15) is 9.90 Å². The molecule has 2 atom stereocenters. The Morgan fingerprint density at radius 1 is 1.07 bits per heavy atom. The number of nitrogens with one attached hydrogen (secondary N) is 2. The summed E-state index contributed by atoms with van der Waals surface area (Å²) in [7, 11) is 0. The number of aryl methyl sites for hydroxylation is 2. The van der Waals surface area contributed by atoms with E-state index in [1.165, 1.54) is 39.7 Å². The first-order chi connectivity index (χ1) is 19.6. The number of hydrogen-bond donors (Lipinski definition) is 3. The second-order valence-electron chi connectivity index (χ2n) is 14.6. The van der Waals surface area contributed by atoms with Gasteiger partial charge in [-0.2, -0.15) is 0 Å². The minimum Gasteiger partial charge on any atom is -0.390 e. The fraction of sp³-hybridized carbons (Fsp3) is 0.600. The summed E-state index contributed by atoms with van der Waals surface area (Å²) in [6.07, 6.45) is 8.13. The molecule has 4 saturated carbocycles. The van der Waals surface area contributed by atoms with Crippen LogP contribution in [0.3, 0.4) is 0 Å². The fourth-order valence-electron chi connectivity index (χ4n) is 9.61. The Hall–Kier alpha value is -2.70. The predicted molar refractivity (Wildman–Crippen MR) is 164 cm³/mol. The third-order valence-electron chi connectivity index (χ3n) is 10.7. The maximum Gasteiger partial charge on any atom is 0.234 e. The van der Waals surface area contributed by atoms with Crippen molar-refractivity contribution in [3.05, 3.63) is 52.8 Å². The Labute approximate surface area is 244 Å². The number of nitrogens with zero attached hydrogens (tertiary/aromatic N) is 2. The first-order valence-corrected chi connectivity index (χ1v) is 15.9. The van der Waals surface area contributed by atoms with Crippen LogP contribution in [-0.4, -0.2) is 56.7 Å². The van der Waals surface area contributed by atoms with Gasteiger partial charge < -0.3 is 15.4 Å². The molecule has 0 radical (unpaired) electrons. The van der Waals surface area contributed by atoms with Crippen LogP contribution in [-0.2, 0) is 4.79 Å². The Morgan fingerprint density at radius 3 is 2.39 bits per heavy atom. The second kappa shape index (κ2) is 9.95. The zero-order valence-electron chi connectivity index (χ0n) is 25.2. The molecule has 1 saturated heterocycles. The number of pyridine rings is 1. The van der Waals surface area contributed by atoms with E-state index in [4.69, 9.17) is 0 Å². The van der Waals surface area contributed by atoms with Gasteiger partial charge >= 0.3 is 0 Å². The van der Waals surface area contributed by atoms with Gasteiger partial charge in [-0.1, -0.05) is 19.9 Å². The Bertz CT molecular complexity index is 1450. The van der Waals surface area contributed by atoms with Gasteiger partial charge in [0.15, 0.2) is 0 Å². The smallest absolute Gasteiger partial charge is 0.234 e. The average molecular weight is 555 g/mol. The normalized spacial score (nSPS) is 30.0. The molecule has 1 aliphatic heterocycles. The van der Waals surface area contributed by atoms with Gasteiger partial charge in [0, 0.05) is 33.4 Å². The molecule has 3 heterocycles. The summed E-state index contributed by atoms with van der Waals surface area (Å²) >= 11 is 0. The van der Waals surface area contributed by atoms with Gasteiger partial charge in [-0.25, -0.2) is 0 Å². The number of amides is 1. The van der Waals surface area contributed by atoms with Gasteiger partial charge in [0.05, 0.1) is 17.8 Å². The number of aromatic amines is 1. The number of aromatic nitrogens is 2. The fourth-order valence-corrected chi connectivity index (χ4v) is 9.61. The van der Waals surface area contributed by atoms with E-state index >= 15 is 0 Å². The minimum absolute atomic E-state index is 0.151. The highest BCUT2D eigenvalue weighted by atomic mass is 16.3. The zero-order chi connectivity index (χ0) is 28.5. The summed E-state index contributed by atoms with van der Waals surface area (Å²) < 4.78 is 0. The molecule has 0 spiro atoms. The number of carbonyl (C=O) groups is 1. The van der Waals surface area contributed by atoms with Crippen molar-refractivity contribution in [1.29, 1.82) is 0 Å². The van der Waals surface area contributed by atoms with Crippen molar-refractivity contribution in [2.75, 3.05) is 19.6 Å². The molecule has 4 bridgehead atoms. The summed E-state index contributed by atoms with van der Waals surface area (Å²) in [5.74, 6) is 2.23. The highest BCUT2D eigenvalue weighted by Gasteiger charge is 2.57. The summed E-state index contributed by atoms with van der Waals surface area (Å²) in [4.78, 5) is 23.9. The van der Waals surface area contributed by atoms with Crippen molar-refractivity contribution in [2.24, 2.45) is 11.8 Å². The van der Waals surface area contributed by atoms with Gasteiger partial charge in [-0.3, -0.25) is 14.7 Å². The van der Waals surface area contributed by atoms with Crippen LogP contribution in [0.5, 0.6) is 0 Å². The molecular weight excluding hydrogens is 508 g/mol. The Kier molecular flexibility index (Phi) is 6.59. The van der Waals surface area contributed by atoms with Crippen LogP contribution < -0.4 is 5.32 Å². The number of benzene rings is 1. The monoisotopic (exact) mass is 554 g/mol. The van der Waals surface area contributed by atoms with Gasteiger partial charge in [0.1, 0.15) is 0 Å². The zero-order valence-corrected chi connectivity index (χ0v) is 25.2. The van der Waals surface area contributed by atoms with E-state index in [1.807, 2.05) is 0 Å². The quantitative estimate of drug-likeness (QED) is 0.332. The number of hydrogen-bond acceptors (Lipinski definition) is 4. The number of H-pyrrole nitrogens is 1. The van der Waals surface area contributed by atoms with E-state index in [-0.39, 0.29) is 11.4 Å². The third kappa shape index (κ3) is 5.12. The van der Waals surface area contributed by atoms with Gasteiger partial charge in [-0.15, -0.1) is 0 Å². The lowest BCUT2D eigenvalue weighted by Gasteiger charge is -2.60. The molecule has 41 heavy (non-hydrogen) atoms. The number of piperidine rings is 1. The predicted octanol–water partition coefficient (Wildman–Crippen LogP) is 6.35. The van der Waals surface area contributed by atoms with Crippen molar-refractivity contribution >= 4 is 16.8 Å². The molecule has 5 fully saturated rings.